The van der Waals surface area contributed by atoms with Crippen LogP contribution in [-0.4, -0.2) is 16.2 Å². The van der Waals surface area contributed by atoms with Crippen LogP contribution in [0.4, 0.5) is 0 Å². The minimum Gasteiger partial charge on any atom is -0.458 e. The molecule has 18 heavy (non-hydrogen) atoms. The van der Waals surface area contributed by atoms with Crippen molar-refractivity contribution in [3.05, 3.63) is 5.89 Å². The molecule has 4 fully saturated rings. The van der Waals surface area contributed by atoms with E-state index in [2.05, 4.69) is 10.1 Å². The van der Waals surface area contributed by atoms with Gasteiger partial charge in [-0.1, -0.05) is 0 Å². The Morgan fingerprint density at radius 2 is 1.78 bits per heavy atom. The van der Waals surface area contributed by atoms with Crippen molar-refractivity contribution in [3.8, 4) is 6.01 Å². The highest BCUT2D eigenvalue weighted by Gasteiger charge is 2.49. The molecule has 1 heterocycles. The molecule has 4 aliphatic rings. The molecule has 4 aliphatic carbocycles. The zero-order valence-electron chi connectivity index (χ0n) is 10.4. The summed E-state index contributed by atoms with van der Waals surface area (Å²) in [6, 6.07) is 0.382. The number of hydrogen-bond donors (Lipinski definition) is 1. The lowest BCUT2D eigenvalue weighted by molar-refractivity contribution is -0.0827. The quantitative estimate of drug-likeness (QED) is 0.883. The van der Waals surface area contributed by atoms with Gasteiger partial charge in [0.05, 0.1) is 6.54 Å². The van der Waals surface area contributed by atoms with Crippen LogP contribution in [0.3, 0.4) is 0 Å². The number of ether oxygens (including phenoxy) is 1. The fourth-order valence-electron chi connectivity index (χ4n) is 4.56. The average molecular weight is 249 g/mol. The molecule has 98 valence electrons. The van der Waals surface area contributed by atoms with Crippen molar-refractivity contribution in [1.29, 1.82) is 0 Å². The van der Waals surface area contributed by atoms with Crippen molar-refractivity contribution in [2.45, 2.75) is 44.8 Å². The first-order valence-electron chi connectivity index (χ1n) is 7.01. The average Bonchev–Trinajstić information content (AvgIpc) is 2.80. The van der Waals surface area contributed by atoms with Crippen LogP contribution in [0, 0.1) is 23.7 Å². The molecule has 0 atom stereocenters. The molecule has 1 aromatic rings. The van der Waals surface area contributed by atoms with Gasteiger partial charge in [-0.25, -0.2) is 0 Å². The molecular weight excluding hydrogens is 230 g/mol. The molecule has 5 rings (SSSR count). The van der Waals surface area contributed by atoms with Crippen LogP contribution in [0.1, 0.15) is 38.0 Å². The van der Waals surface area contributed by atoms with Crippen LogP contribution < -0.4 is 10.5 Å². The van der Waals surface area contributed by atoms with Crippen LogP contribution >= 0.6 is 0 Å². The van der Waals surface area contributed by atoms with Gasteiger partial charge in [-0.2, -0.15) is 4.98 Å². The molecular formula is C13H19N3O2. The van der Waals surface area contributed by atoms with E-state index in [1.54, 1.807) is 0 Å². The smallest absolute Gasteiger partial charge is 0.354 e. The maximum absolute atomic E-state index is 6.00. The second kappa shape index (κ2) is 3.95. The molecule has 0 aliphatic heterocycles. The van der Waals surface area contributed by atoms with Gasteiger partial charge in [0.15, 0.2) is 0 Å². The molecule has 1 aromatic heterocycles. The Morgan fingerprint density at radius 1 is 1.11 bits per heavy atom. The van der Waals surface area contributed by atoms with Crippen LogP contribution in [0.15, 0.2) is 4.52 Å². The van der Waals surface area contributed by atoms with Crippen LogP contribution in [0.25, 0.3) is 0 Å². The molecule has 0 unspecified atom stereocenters. The van der Waals surface area contributed by atoms with Crippen LogP contribution in [0.5, 0.6) is 6.01 Å². The summed E-state index contributed by atoms with van der Waals surface area (Å²) in [5, 5.41) is 3.85. The Bertz CT molecular complexity index is 417. The number of hydrogen-bond acceptors (Lipinski definition) is 5. The van der Waals surface area contributed by atoms with E-state index in [0.717, 1.165) is 11.8 Å². The predicted molar refractivity (Wildman–Crippen MR) is 63.7 cm³/mol. The molecule has 5 heteroatoms. The fourth-order valence-corrected chi connectivity index (χ4v) is 4.56. The Morgan fingerprint density at radius 3 is 2.33 bits per heavy atom. The van der Waals surface area contributed by atoms with Gasteiger partial charge < -0.3 is 15.0 Å². The van der Waals surface area contributed by atoms with Gasteiger partial charge in [-0.05, 0) is 60.9 Å². The maximum Gasteiger partial charge on any atom is 0.354 e. The van der Waals surface area contributed by atoms with Gasteiger partial charge >= 0.3 is 6.01 Å². The zero-order chi connectivity index (χ0) is 12.1. The van der Waals surface area contributed by atoms with Gasteiger partial charge in [0.1, 0.15) is 6.10 Å². The van der Waals surface area contributed by atoms with Crippen molar-refractivity contribution >= 4 is 0 Å². The Labute approximate surface area is 106 Å². The summed E-state index contributed by atoms with van der Waals surface area (Å²) in [6.07, 6.45) is 7.09. The largest absolute Gasteiger partial charge is 0.458 e. The van der Waals surface area contributed by atoms with Gasteiger partial charge in [0.2, 0.25) is 5.89 Å². The monoisotopic (exact) mass is 249 g/mol. The van der Waals surface area contributed by atoms with Crippen LogP contribution in [0.2, 0.25) is 0 Å². The zero-order valence-corrected chi connectivity index (χ0v) is 10.4. The SMILES string of the molecule is NCc1nc(OC2C3CC4CC(C3)CC2C4)no1. The highest BCUT2D eigenvalue weighted by molar-refractivity contribution is 5.02. The summed E-state index contributed by atoms with van der Waals surface area (Å²) in [6.45, 7) is 0.276. The van der Waals surface area contributed by atoms with Crippen molar-refractivity contribution in [3.63, 3.8) is 0 Å². The van der Waals surface area contributed by atoms with Crippen molar-refractivity contribution in [1.82, 2.24) is 10.1 Å². The van der Waals surface area contributed by atoms with E-state index in [-0.39, 0.29) is 6.54 Å². The van der Waals surface area contributed by atoms with E-state index in [9.17, 15) is 0 Å². The molecule has 0 spiro atoms. The Kier molecular flexibility index (Phi) is 2.37. The van der Waals surface area contributed by atoms with Crippen LogP contribution in [-0.2, 0) is 6.54 Å². The van der Waals surface area contributed by atoms with Crippen molar-refractivity contribution in [2.24, 2.45) is 29.4 Å². The topological polar surface area (TPSA) is 74.2 Å². The van der Waals surface area contributed by atoms with E-state index >= 15 is 0 Å². The van der Waals surface area contributed by atoms with E-state index in [0.29, 0.717) is 29.8 Å². The summed E-state index contributed by atoms with van der Waals surface area (Å²) in [4.78, 5) is 4.16. The normalized spacial score (nSPS) is 41.3. The van der Waals surface area contributed by atoms with E-state index in [4.69, 9.17) is 15.0 Å². The third-order valence-corrected chi connectivity index (χ3v) is 5.01. The molecule has 0 aromatic carbocycles. The second-order valence-electron chi connectivity index (χ2n) is 6.19. The number of nitrogens with two attached hydrogens (primary N) is 1. The summed E-state index contributed by atoms with van der Waals surface area (Å²) >= 11 is 0. The molecule has 0 amide bonds. The number of aromatic nitrogens is 2. The lowest BCUT2D eigenvalue weighted by Gasteiger charge is -2.53. The second-order valence-corrected chi connectivity index (χ2v) is 6.19. The van der Waals surface area contributed by atoms with Crippen molar-refractivity contribution in [2.75, 3.05) is 0 Å². The van der Waals surface area contributed by atoms with E-state index < -0.39 is 0 Å². The lowest BCUT2D eigenvalue weighted by Crippen LogP contribution is -2.50. The maximum atomic E-state index is 6.00. The minimum atomic E-state index is 0.276. The molecule has 0 radical (unpaired) electrons. The Balaban J connectivity index is 1.51. The molecule has 5 nitrogen and oxygen atoms in total. The predicted octanol–water partition coefficient (Wildman–Crippen LogP) is 1.73. The fraction of sp³-hybridized carbons (Fsp3) is 0.846. The minimum absolute atomic E-state index is 0.276. The standard InChI is InChI=1S/C13H19N3O2/c14-6-11-15-13(16-18-11)17-12-9-2-7-1-8(4-9)5-10(12)3-7/h7-10,12H,1-6,14H2. The van der Waals surface area contributed by atoms with E-state index in [1.807, 2.05) is 0 Å². The lowest BCUT2D eigenvalue weighted by atomic mass is 9.55. The van der Waals surface area contributed by atoms with Gasteiger partial charge in [0, 0.05) is 0 Å². The summed E-state index contributed by atoms with van der Waals surface area (Å²) in [5.41, 5.74) is 5.46. The third kappa shape index (κ3) is 1.64. The van der Waals surface area contributed by atoms with Crippen molar-refractivity contribution < 1.29 is 9.26 Å². The first-order chi connectivity index (χ1) is 8.81. The number of nitrogens with zero attached hydrogens (tertiary/aromatic N) is 2. The summed E-state index contributed by atoms with van der Waals surface area (Å²) in [5.74, 6) is 3.78. The summed E-state index contributed by atoms with van der Waals surface area (Å²) in [7, 11) is 0. The van der Waals surface area contributed by atoms with Gasteiger partial charge in [0.25, 0.3) is 0 Å². The van der Waals surface area contributed by atoms with Gasteiger partial charge in [-0.15, -0.1) is 0 Å². The first-order valence-corrected chi connectivity index (χ1v) is 7.01. The third-order valence-electron chi connectivity index (χ3n) is 5.01. The molecule has 4 saturated carbocycles. The highest BCUT2D eigenvalue weighted by Crippen LogP contribution is 2.54. The molecule has 2 N–H and O–H groups in total. The van der Waals surface area contributed by atoms with E-state index in [1.165, 1.54) is 32.1 Å². The van der Waals surface area contributed by atoms with Gasteiger partial charge in [-0.3, -0.25) is 0 Å². The number of rotatable bonds is 3. The molecule has 0 saturated heterocycles. The highest BCUT2D eigenvalue weighted by atomic mass is 16.6. The summed E-state index contributed by atoms with van der Waals surface area (Å²) < 4.78 is 11.0. The first kappa shape index (κ1) is 10.8. The Hall–Kier alpha value is -1.10. The molecule has 4 bridgehead atoms.